The van der Waals surface area contributed by atoms with E-state index in [0.717, 1.165) is 12.2 Å². The van der Waals surface area contributed by atoms with Crippen molar-refractivity contribution in [3.63, 3.8) is 0 Å². The number of hydrogen-bond acceptors (Lipinski definition) is 2. The van der Waals surface area contributed by atoms with Crippen molar-refractivity contribution in [2.24, 2.45) is 5.73 Å². The highest BCUT2D eigenvalue weighted by molar-refractivity contribution is 5.39. The van der Waals surface area contributed by atoms with Crippen LogP contribution < -0.4 is 10.5 Å². The van der Waals surface area contributed by atoms with Crippen LogP contribution in [0.3, 0.4) is 0 Å². The molecule has 110 valence electrons. The van der Waals surface area contributed by atoms with Gasteiger partial charge in [0.1, 0.15) is 11.9 Å². The molecule has 2 N–H and O–H groups in total. The van der Waals surface area contributed by atoms with Crippen molar-refractivity contribution >= 4 is 0 Å². The van der Waals surface area contributed by atoms with E-state index in [1.54, 1.807) is 0 Å². The maximum Gasteiger partial charge on any atom is 0.122 e. The van der Waals surface area contributed by atoms with Crippen molar-refractivity contribution in [2.45, 2.75) is 45.3 Å². The smallest absolute Gasteiger partial charge is 0.122 e. The molecule has 21 heavy (non-hydrogen) atoms. The van der Waals surface area contributed by atoms with E-state index < -0.39 is 0 Å². The van der Waals surface area contributed by atoms with Crippen molar-refractivity contribution in [1.82, 2.24) is 0 Å². The Balaban J connectivity index is 1.87. The van der Waals surface area contributed by atoms with Crippen LogP contribution in [0.4, 0.5) is 0 Å². The number of nitrogens with two attached hydrogens (primary N) is 1. The Morgan fingerprint density at radius 1 is 1.05 bits per heavy atom. The molecule has 0 aromatic heterocycles. The van der Waals surface area contributed by atoms with Crippen LogP contribution in [0.5, 0.6) is 5.75 Å². The maximum atomic E-state index is 6.46. The van der Waals surface area contributed by atoms with Crippen molar-refractivity contribution in [3.05, 3.63) is 64.7 Å². The van der Waals surface area contributed by atoms with Gasteiger partial charge in [0.05, 0.1) is 6.04 Å². The molecule has 0 spiro atoms. The fourth-order valence-corrected chi connectivity index (χ4v) is 3.30. The molecular weight excluding hydrogens is 258 g/mol. The molecule has 0 radical (unpaired) electrons. The first kappa shape index (κ1) is 14.2. The molecule has 3 rings (SSSR count). The molecule has 1 aliphatic rings. The summed E-state index contributed by atoms with van der Waals surface area (Å²) in [6, 6.07) is 14.7. The second-order valence-electron chi connectivity index (χ2n) is 6.22. The summed E-state index contributed by atoms with van der Waals surface area (Å²) in [6.07, 6.45) is 1.00. The first-order valence-corrected chi connectivity index (χ1v) is 7.64. The highest BCUT2D eigenvalue weighted by atomic mass is 16.5. The molecule has 2 aromatic rings. The van der Waals surface area contributed by atoms with Gasteiger partial charge in [-0.05, 0) is 48.9 Å². The molecule has 3 atom stereocenters. The Labute approximate surface area is 126 Å². The lowest BCUT2D eigenvalue weighted by atomic mass is 9.79. The molecule has 0 saturated carbocycles. The molecule has 0 amide bonds. The average Bonchev–Trinajstić information content (AvgIpc) is 2.47. The fraction of sp³-hybridized carbons (Fsp3) is 0.368. The summed E-state index contributed by atoms with van der Waals surface area (Å²) in [6.45, 7) is 6.44. The van der Waals surface area contributed by atoms with Gasteiger partial charge in [-0.1, -0.05) is 48.9 Å². The molecule has 0 saturated heterocycles. The van der Waals surface area contributed by atoms with Crippen molar-refractivity contribution in [1.29, 1.82) is 0 Å². The lowest BCUT2D eigenvalue weighted by molar-refractivity contribution is 0.143. The van der Waals surface area contributed by atoms with E-state index in [2.05, 4.69) is 63.2 Å². The molecule has 0 bridgehead atoms. The van der Waals surface area contributed by atoms with Gasteiger partial charge in [-0.15, -0.1) is 0 Å². The number of ether oxygens (including phenoxy) is 1. The van der Waals surface area contributed by atoms with Gasteiger partial charge >= 0.3 is 0 Å². The van der Waals surface area contributed by atoms with Crippen molar-refractivity contribution < 1.29 is 4.74 Å². The van der Waals surface area contributed by atoms with Crippen LogP contribution in [0, 0.1) is 13.8 Å². The molecular formula is C19H23NO. The van der Waals surface area contributed by atoms with Gasteiger partial charge < -0.3 is 10.5 Å². The molecule has 2 heteroatoms. The quantitative estimate of drug-likeness (QED) is 0.892. The fourth-order valence-electron chi connectivity index (χ4n) is 3.30. The number of fused-ring (bicyclic) bond motifs is 1. The summed E-state index contributed by atoms with van der Waals surface area (Å²) >= 11 is 0. The largest absolute Gasteiger partial charge is 0.488 e. The van der Waals surface area contributed by atoms with E-state index in [-0.39, 0.29) is 12.1 Å². The van der Waals surface area contributed by atoms with E-state index in [4.69, 9.17) is 10.5 Å². The topological polar surface area (TPSA) is 35.2 Å². The third kappa shape index (κ3) is 2.68. The molecule has 0 aliphatic heterocycles. The predicted octanol–water partition coefficient (Wildman–Crippen LogP) is 4.26. The van der Waals surface area contributed by atoms with Gasteiger partial charge in [-0.2, -0.15) is 0 Å². The van der Waals surface area contributed by atoms with E-state index in [1.165, 1.54) is 22.3 Å². The van der Waals surface area contributed by atoms with E-state index in [9.17, 15) is 0 Å². The third-order valence-corrected chi connectivity index (χ3v) is 4.48. The SMILES string of the molecule is Cc1ccc(OC2CC(C)c3ccccc3C2N)c(C)c1. The standard InChI is InChI=1S/C19H23NO/c1-12-8-9-17(14(3)10-12)21-18-11-13(2)15-6-4-5-7-16(15)19(18)20/h4-10,13,18-19H,11,20H2,1-3H3. The van der Waals surface area contributed by atoms with Crippen LogP contribution in [0.2, 0.25) is 0 Å². The van der Waals surface area contributed by atoms with Gasteiger partial charge in [-0.3, -0.25) is 0 Å². The van der Waals surface area contributed by atoms with Crippen LogP contribution >= 0.6 is 0 Å². The van der Waals surface area contributed by atoms with Gasteiger partial charge in [-0.25, -0.2) is 0 Å². The van der Waals surface area contributed by atoms with Gasteiger partial charge in [0.2, 0.25) is 0 Å². The minimum absolute atomic E-state index is 0.0382. The Bertz CT molecular complexity index is 650. The molecule has 0 heterocycles. The summed E-state index contributed by atoms with van der Waals surface area (Å²) in [5.74, 6) is 1.43. The van der Waals surface area contributed by atoms with Crippen LogP contribution in [0.15, 0.2) is 42.5 Å². The Morgan fingerprint density at radius 3 is 2.48 bits per heavy atom. The molecule has 2 aromatic carbocycles. The highest BCUT2D eigenvalue weighted by Gasteiger charge is 2.32. The van der Waals surface area contributed by atoms with E-state index in [1.807, 2.05) is 0 Å². The van der Waals surface area contributed by atoms with Crippen molar-refractivity contribution in [2.75, 3.05) is 0 Å². The predicted molar refractivity (Wildman–Crippen MR) is 86.7 cm³/mol. The van der Waals surface area contributed by atoms with Crippen LogP contribution in [-0.4, -0.2) is 6.10 Å². The first-order valence-electron chi connectivity index (χ1n) is 7.64. The van der Waals surface area contributed by atoms with E-state index >= 15 is 0 Å². The number of benzene rings is 2. The summed E-state index contributed by atoms with van der Waals surface area (Å²) in [7, 11) is 0. The molecule has 2 nitrogen and oxygen atoms in total. The minimum Gasteiger partial charge on any atom is -0.488 e. The normalized spacial score (nSPS) is 24.5. The van der Waals surface area contributed by atoms with Crippen LogP contribution in [-0.2, 0) is 0 Å². The molecule has 3 unspecified atom stereocenters. The summed E-state index contributed by atoms with van der Waals surface area (Å²) in [4.78, 5) is 0. The summed E-state index contributed by atoms with van der Waals surface area (Å²) in [5, 5.41) is 0. The van der Waals surface area contributed by atoms with Crippen LogP contribution in [0.1, 0.15) is 47.6 Å². The number of hydrogen-bond donors (Lipinski definition) is 1. The monoisotopic (exact) mass is 281 g/mol. The summed E-state index contributed by atoms with van der Waals surface area (Å²) in [5.41, 5.74) is 11.5. The van der Waals surface area contributed by atoms with Gasteiger partial charge in [0.25, 0.3) is 0 Å². The van der Waals surface area contributed by atoms with Crippen LogP contribution in [0.25, 0.3) is 0 Å². The zero-order valence-electron chi connectivity index (χ0n) is 13.0. The Hall–Kier alpha value is -1.80. The molecule has 1 aliphatic carbocycles. The molecule has 0 fully saturated rings. The minimum atomic E-state index is -0.0573. The average molecular weight is 281 g/mol. The lowest BCUT2D eigenvalue weighted by Crippen LogP contribution is -2.37. The second-order valence-corrected chi connectivity index (χ2v) is 6.22. The lowest BCUT2D eigenvalue weighted by Gasteiger charge is -2.35. The summed E-state index contributed by atoms with van der Waals surface area (Å²) < 4.78 is 6.26. The van der Waals surface area contributed by atoms with E-state index in [0.29, 0.717) is 5.92 Å². The van der Waals surface area contributed by atoms with Gasteiger partial charge in [0, 0.05) is 0 Å². The second kappa shape index (κ2) is 5.53. The first-order chi connectivity index (χ1) is 10.1. The number of aryl methyl sites for hydroxylation is 2. The number of rotatable bonds is 2. The zero-order chi connectivity index (χ0) is 15.0. The Morgan fingerprint density at radius 2 is 1.76 bits per heavy atom. The third-order valence-electron chi connectivity index (χ3n) is 4.48. The van der Waals surface area contributed by atoms with Gasteiger partial charge in [0.15, 0.2) is 0 Å². The Kier molecular flexibility index (Phi) is 3.73. The highest BCUT2D eigenvalue weighted by Crippen LogP contribution is 2.38. The van der Waals surface area contributed by atoms with Crippen molar-refractivity contribution in [3.8, 4) is 5.75 Å². The maximum absolute atomic E-state index is 6.46. The zero-order valence-corrected chi connectivity index (χ0v) is 13.0.